The molecule has 330 valence electrons. The van der Waals surface area contributed by atoms with E-state index in [1.54, 1.807) is 6.07 Å². The number of terminal acetylenes is 1. The zero-order valence-electron chi connectivity index (χ0n) is 37.0. The molecule has 5 atom stereocenters. The predicted molar refractivity (Wildman–Crippen MR) is 241 cm³/mol. The van der Waals surface area contributed by atoms with E-state index in [4.69, 9.17) is 45.1 Å². The summed E-state index contributed by atoms with van der Waals surface area (Å²) in [5.41, 5.74) is 6.92. The highest BCUT2D eigenvalue weighted by Gasteiger charge is 2.48. The van der Waals surface area contributed by atoms with Crippen LogP contribution in [0.3, 0.4) is 0 Å². The number of aromatic nitrogens is 2. The van der Waals surface area contributed by atoms with Gasteiger partial charge in [0.15, 0.2) is 5.75 Å². The van der Waals surface area contributed by atoms with Gasteiger partial charge < -0.3 is 33.5 Å². The van der Waals surface area contributed by atoms with Crippen LogP contribution in [0.1, 0.15) is 124 Å². The second-order valence-corrected chi connectivity index (χ2v) is 19.4. The summed E-state index contributed by atoms with van der Waals surface area (Å²) >= 11 is 0. The number of hydrogen-bond acceptors (Lipinski definition) is 10. The Balaban J connectivity index is 1.14. The number of hydrogen-bond donors (Lipinski definition) is 0. The lowest BCUT2D eigenvalue weighted by atomic mass is 9.80. The average molecular weight is 856 g/mol. The fourth-order valence-electron chi connectivity index (χ4n) is 10.3. The molecule has 6 heterocycles. The molecule has 4 aromatic rings. The smallest absolute Gasteiger partial charge is 0.410 e. The number of benzene rings is 3. The number of likely N-dealkylation sites (tertiary alicyclic amines) is 1. The van der Waals surface area contributed by atoms with Crippen molar-refractivity contribution in [3.05, 3.63) is 75.6 Å². The normalized spacial score (nSPS) is 24.2. The molecule has 1 saturated carbocycles. The van der Waals surface area contributed by atoms with Gasteiger partial charge in [0.2, 0.25) is 0 Å². The molecule has 5 aliphatic heterocycles. The third kappa shape index (κ3) is 8.47. The van der Waals surface area contributed by atoms with Crippen molar-refractivity contribution in [2.24, 2.45) is 4.99 Å². The quantitative estimate of drug-likeness (QED) is 0.136. The second kappa shape index (κ2) is 17.0. The van der Waals surface area contributed by atoms with Gasteiger partial charge in [0.1, 0.15) is 35.5 Å². The number of ether oxygens (including phenoxy) is 5. The first-order valence-electron chi connectivity index (χ1n) is 23.0. The van der Waals surface area contributed by atoms with E-state index in [-0.39, 0.29) is 60.7 Å². The van der Waals surface area contributed by atoms with Gasteiger partial charge in [-0.2, -0.15) is 9.97 Å². The summed E-state index contributed by atoms with van der Waals surface area (Å²) < 4.78 is 48.1. The number of carbonyl (C=O) groups is 1. The van der Waals surface area contributed by atoms with Crippen LogP contribution < -0.4 is 14.4 Å². The van der Waals surface area contributed by atoms with Crippen molar-refractivity contribution in [2.45, 2.75) is 134 Å². The Kier molecular flexibility index (Phi) is 11.3. The molecule has 2 bridgehead atoms. The Hall–Kier alpha value is -5.25. The predicted octanol–water partition coefficient (Wildman–Crippen LogP) is 9.41. The van der Waals surface area contributed by atoms with Crippen molar-refractivity contribution < 1.29 is 32.9 Å². The average Bonchev–Trinajstić information content (AvgIpc) is 3.61. The van der Waals surface area contributed by atoms with Gasteiger partial charge in [-0.1, -0.05) is 18.1 Å². The molecule has 0 spiro atoms. The van der Waals surface area contributed by atoms with E-state index in [2.05, 4.69) is 16.9 Å². The largest absolute Gasteiger partial charge is 0.486 e. The van der Waals surface area contributed by atoms with E-state index < -0.39 is 5.60 Å². The van der Waals surface area contributed by atoms with Gasteiger partial charge in [-0.3, -0.25) is 4.99 Å². The van der Waals surface area contributed by atoms with E-state index >= 15 is 4.39 Å². The van der Waals surface area contributed by atoms with Crippen LogP contribution in [0.5, 0.6) is 11.8 Å². The Labute approximate surface area is 369 Å². The number of aliphatic imine (C=N–C) groups is 1. The van der Waals surface area contributed by atoms with Gasteiger partial charge in [0, 0.05) is 72.4 Å². The van der Waals surface area contributed by atoms with Crippen molar-refractivity contribution in [1.29, 1.82) is 0 Å². The van der Waals surface area contributed by atoms with E-state index in [1.165, 1.54) is 6.42 Å². The lowest BCUT2D eigenvalue weighted by Gasteiger charge is -2.36. The molecule has 11 nitrogen and oxygen atoms in total. The highest BCUT2D eigenvalue weighted by atomic mass is 19.1. The van der Waals surface area contributed by atoms with Crippen molar-refractivity contribution in [2.75, 3.05) is 44.4 Å². The van der Waals surface area contributed by atoms with Gasteiger partial charge in [-0.25, -0.2) is 9.18 Å². The monoisotopic (exact) mass is 855 g/mol. The SMILES string of the molecule is C#Cc1ccc(COc2c(-c3c(C)c(F)cc4c3C=NCC4CCC3CCCCO3)c(C3CC3)cc3c(N4C[C@@H]5C[C@H]4CN5C(=O)OC(C)(C)C)nc(O[C@H]4CCOC4)nc23)cc1. The fourth-order valence-corrected chi connectivity index (χ4v) is 10.3. The van der Waals surface area contributed by atoms with Gasteiger partial charge in [0.25, 0.3) is 0 Å². The van der Waals surface area contributed by atoms with E-state index in [1.807, 2.05) is 63.1 Å². The molecule has 1 aliphatic carbocycles. The summed E-state index contributed by atoms with van der Waals surface area (Å²) in [4.78, 5) is 32.9. The zero-order valence-corrected chi connectivity index (χ0v) is 37.0. The maximum Gasteiger partial charge on any atom is 0.410 e. The van der Waals surface area contributed by atoms with Crippen molar-refractivity contribution >= 4 is 29.0 Å². The summed E-state index contributed by atoms with van der Waals surface area (Å²) in [6.45, 7) is 11.3. The molecule has 10 rings (SSSR count). The molecule has 3 aromatic carbocycles. The number of fused-ring (bicyclic) bond motifs is 4. The Morgan fingerprint density at radius 3 is 2.52 bits per heavy atom. The number of piperazine rings is 1. The van der Waals surface area contributed by atoms with Crippen molar-refractivity contribution in [3.8, 4) is 35.2 Å². The fraction of sp³-hybridized carbons (Fsp3) is 0.529. The first-order valence-corrected chi connectivity index (χ1v) is 23.0. The minimum Gasteiger partial charge on any atom is -0.486 e. The molecule has 0 radical (unpaired) electrons. The number of amides is 1. The number of carbonyl (C=O) groups excluding carboxylic acids is 1. The molecular formula is C51H58FN5O6. The maximum absolute atomic E-state index is 16.7. The minimum absolute atomic E-state index is 0.0102. The van der Waals surface area contributed by atoms with Crippen LogP contribution in [0.25, 0.3) is 22.0 Å². The highest BCUT2D eigenvalue weighted by Crippen LogP contribution is 2.54. The van der Waals surface area contributed by atoms with Gasteiger partial charge in [-0.15, -0.1) is 6.42 Å². The summed E-state index contributed by atoms with van der Waals surface area (Å²) in [6, 6.07) is 12.0. The second-order valence-electron chi connectivity index (χ2n) is 19.4. The van der Waals surface area contributed by atoms with Crippen LogP contribution in [0.15, 0.2) is 41.4 Å². The van der Waals surface area contributed by atoms with Gasteiger partial charge >= 0.3 is 12.1 Å². The molecule has 4 saturated heterocycles. The Bertz CT molecular complexity index is 2460. The van der Waals surface area contributed by atoms with Crippen LogP contribution in [-0.2, 0) is 20.8 Å². The lowest BCUT2D eigenvalue weighted by Crippen LogP contribution is -2.50. The minimum atomic E-state index is -0.593. The number of anilines is 1. The third-order valence-electron chi connectivity index (χ3n) is 13.7. The highest BCUT2D eigenvalue weighted by molar-refractivity contribution is 6.04. The molecule has 63 heavy (non-hydrogen) atoms. The van der Waals surface area contributed by atoms with E-state index in [0.717, 1.165) is 108 Å². The summed E-state index contributed by atoms with van der Waals surface area (Å²) in [6.07, 6.45) is 16.1. The third-order valence-corrected chi connectivity index (χ3v) is 13.7. The maximum atomic E-state index is 16.7. The molecule has 5 fully saturated rings. The summed E-state index contributed by atoms with van der Waals surface area (Å²) in [7, 11) is 0. The lowest BCUT2D eigenvalue weighted by molar-refractivity contribution is 0.00914. The molecular weight excluding hydrogens is 798 g/mol. The first-order chi connectivity index (χ1) is 30.5. The summed E-state index contributed by atoms with van der Waals surface area (Å²) in [5.74, 6) is 4.06. The number of rotatable bonds is 11. The van der Waals surface area contributed by atoms with Gasteiger partial charge in [-0.05, 0) is 131 Å². The molecule has 12 heteroatoms. The van der Waals surface area contributed by atoms with Crippen LogP contribution in [0.2, 0.25) is 0 Å². The Morgan fingerprint density at radius 2 is 1.83 bits per heavy atom. The van der Waals surface area contributed by atoms with Gasteiger partial charge in [0.05, 0.1) is 31.4 Å². The summed E-state index contributed by atoms with van der Waals surface area (Å²) in [5, 5.41) is 0.840. The number of nitrogens with zero attached hydrogens (tertiary/aromatic N) is 5. The first kappa shape index (κ1) is 41.7. The number of halogens is 1. The molecule has 2 unspecified atom stereocenters. The van der Waals surface area contributed by atoms with Crippen molar-refractivity contribution in [3.63, 3.8) is 0 Å². The van der Waals surface area contributed by atoms with E-state index in [9.17, 15) is 4.79 Å². The molecule has 6 aliphatic rings. The molecule has 0 N–H and O–H groups in total. The zero-order chi connectivity index (χ0) is 43.4. The van der Waals surface area contributed by atoms with Crippen LogP contribution in [0, 0.1) is 25.1 Å². The van der Waals surface area contributed by atoms with Crippen LogP contribution >= 0.6 is 0 Å². The van der Waals surface area contributed by atoms with E-state index in [0.29, 0.717) is 49.7 Å². The van der Waals surface area contributed by atoms with Crippen molar-refractivity contribution in [1.82, 2.24) is 14.9 Å². The van der Waals surface area contributed by atoms with Crippen LogP contribution in [-0.4, -0.2) is 96.5 Å². The topological polar surface area (TPSA) is 108 Å². The molecule has 1 aromatic heterocycles. The standard InChI is InChI=1S/C51H58FN5O6/c1-6-31-10-12-32(13-11-31)28-61-47-45(44-30(2)43(52)23-39-34(24-53-25-42(39)44)16-17-37-9-7-8-19-60-37)40(33-14-15-33)22-41-46(47)54-49(62-38-18-20-59-29-38)55-48(41)56-26-36-21-35(56)27-57(36)50(58)63-51(3,4)5/h1,10-13,22-23,25,33-38H,7-9,14-21,24,26-29H2,2-5H3/t34?,35-,36-,37?,38-/m0/s1. The van der Waals surface area contributed by atoms with Crippen LogP contribution in [0.4, 0.5) is 15.0 Å². The Morgan fingerprint density at radius 1 is 0.984 bits per heavy atom. The molecule has 1 amide bonds.